The van der Waals surface area contributed by atoms with Gasteiger partial charge in [0.1, 0.15) is 5.69 Å². The van der Waals surface area contributed by atoms with E-state index in [4.69, 9.17) is 23.2 Å². The second-order valence-electron chi connectivity index (χ2n) is 4.81. The van der Waals surface area contributed by atoms with E-state index in [1.807, 2.05) is 0 Å². The molecule has 0 unspecified atom stereocenters. The Hall–Kier alpha value is -1.10. The van der Waals surface area contributed by atoms with Crippen molar-refractivity contribution in [3.8, 4) is 0 Å². The first-order chi connectivity index (χ1) is 12.0. The first-order valence-electron chi connectivity index (χ1n) is 6.67. The molecular formula is C15H8Cl2F3N2NaO3S. The summed E-state index contributed by atoms with van der Waals surface area (Å²) < 4.78 is 64.0. The third-order valence-electron chi connectivity index (χ3n) is 2.88. The van der Waals surface area contributed by atoms with Gasteiger partial charge in [-0.05, 0) is 29.8 Å². The molecule has 0 aliphatic rings. The third kappa shape index (κ3) is 7.10. The van der Waals surface area contributed by atoms with Gasteiger partial charge in [0.25, 0.3) is 10.0 Å². The van der Waals surface area contributed by atoms with Gasteiger partial charge in [0.15, 0.2) is 0 Å². The summed E-state index contributed by atoms with van der Waals surface area (Å²) >= 11 is 11.5. The van der Waals surface area contributed by atoms with Gasteiger partial charge < -0.3 is 5.11 Å². The maximum Gasteiger partial charge on any atom is 1.00 e. The number of hydrogen-bond donors (Lipinski definition) is 0. The zero-order valence-corrected chi connectivity index (χ0v) is 17.9. The van der Waals surface area contributed by atoms with Crippen LogP contribution in [0.25, 0.3) is 6.08 Å². The fraction of sp³-hybridized carbons (Fsp3) is 0.0667. The van der Waals surface area contributed by atoms with Crippen molar-refractivity contribution >= 4 is 45.2 Å². The molecular weight excluding hydrogens is 439 g/mol. The van der Waals surface area contributed by atoms with Gasteiger partial charge in [0.05, 0.1) is 10.4 Å². The molecule has 0 N–H and O–H groups in total. The van der Waals surface area contributed by atoms with Crippen molar-refractivity contribution < 1.29 is 56.3 Å². The molecule has 1 aromatic heterocycles. The monoisotopic (exact) mass is 446 g/mol. The van der Waals surface area contributed by atoms with Crippen LogP contribution in [0.4, 0.5) is 13.2 Å². The van der Waals surface area contributed by atoms with E-state index in [-0.39, 0.29) is 50.7 Å². The van der Waals surface area contributed by atoms with Crippen LogP contribution in [0.15, 0.2) is 46.3 Å². The minimum Gasteiger partial charge on any atom is -0.858 e. The minimum absolute atomic E-state index is 0. The van der Waals surface area contributed by atoms with Crippen LogP contribution in [0.5, 0.6) is 0 Å². The van der Waals surface area contributed by atoms with Crippen LogP contribution in [0, 0.1) is 0 Å². The van der Waals surface area contributed by atoms with Crippen molar-refractivity contribution in [2.75, 3.05) is 0 Å². The fourth-order valence-corrected chi connectivity index (χ4v) is 2.90. The second-order valence-corrected chi connectivity index (χ2v) is 7.14. The summed E-state index contributed by atoms with van der Waals surface area (Å²) in [6, 6.07) is 5.53. The molecule has 0 saturated carbocycles. The summed E-state index contributed by atoms with van der Waals surface area (Å²) in [6.45, 7) is 0. The minimum atomic E-state index is -4.60. The molecule has 0 radical (unpaired) electrons. The van der Waals surface area contributed by atoms with E-state index >= 15 is 0 Å². The van der Waals surface area contributed by atoms with E-state index in [0.29, 0.717) is 11.5 Å². The number of rotatable bonds is 4. The second kappa shape index (κ2) is 9.40. The molecule has 0 aliphatic carbocycles. The van der Waals surface area contributed by atoms with Gasteiger partial charge in [-0.1, -0.05) is 35.3 Å². The molecule has 0 saturated heterocycles. The Bertz CT molecular complexity index is 979. The van der Waals surface area contributed by atoms with Crippen molar-refractivity contribution in [2.24, 2.45) is 4.40 Å². The third-order valence-corrected chi connectivity index (χ3v) is 4.33. The zero-order chi connectivity index (χ0) is 19.5. The number of alkyl halides is 3. The molecule has 0 fully saturated rings. The Kier molecular flexibility index (Phi) is 8.33. The molecule has 0 atom stereocenters. The number of sulfonamides is 1. The molecule has 0 spiro atoms. The predicted octanol–water partition coefficient (Wildman–Crippen LogP) is 0.519. The van der Waals surface area contributed by atoms with Gasteiger partial charge in [0.2, 0.25) is 0 Å². The Labute approximate surface area is 184 Å². The summed E-state index contributed by atoms with van der Waals surface area (Å²) in [5.74, 6) is -1.11. The summed E-state index contributed by atoms with van der Waals surface area (Å²) in [5.41, 5.74) is -1.20. The van der Waals surface area contributed by atoms with Crippen LogP contribution in [0.3, 0.4) is 0 Å². The Morgan fingerprint density at radius 3 is 2.37 bits per heavy atom. The smallest absolute Gasteiger partial charge is 0.858 e. The standard InChI is InChI=1S/C15H9Cl2F3N2O3S.Na/c16-10-2-3-11(12(17)7-10)14(23)22-26(24,25)6-5-9-1-4-13(21-8-9)15(18,19)20;/h1-8H,(H,22,23);/q;+1/p-1/b6-5+;. The van der Waals surface area contributed by atoms with Crippen molar-refractivity contribution in [1.29, 1.82) is 0 Å². The fourth-order valence-electron chi connectivity index (χ4n) is 1.69. The average molecular weight is 447 g/mol. The van der Waals surface area contributed by atoms with Gasteiger partial charge in [0, 0.05) is 22.7 Å². The van der Waals surface area contributed by atoms with Gasteiger partial charge >= 0.3 is 35.7 Å². The predicted molar refractivity (Wildman–Crippen MR) is 90.2 cm³/mol. The summed E-state index contributed by atoms with van der Waals surface area (Å²) in [7, 11) is -4.34. The normalized spacial score (nSPS) is 12.9. The molecule has 0 amide bonds. The van der Waals surface area contributed by atoms with E-state index in [1.165, 1.54) is 18.2 Å². The quantitative estimate of drug-likeness (QED) is 0.389. The van der Waals surface area contributed by atoms with Crippen LogP contribution in [-0.2, 0) is 16.2 Å². The molecule has 5 nitrogen and oxygen atoms in total. The zero-order valence-electron chi connectivity index (χ0n) is 13.5. The van der Waals surface area contributed by atoms with Gasteiger partial charge in [-0.2, -0.15) is 26.0 Å². The van der Waals surface area contributed by atoms with Gasteiger partial charge in [-0.15, -0.1) is 0 Å². The number of aromatic nitrogens is 1. The van der Waals surface area contributed by atoms with E-state index in [1.54, 1.807) is 0 Å². The largest absolute Gasteiger partial charge is 1.00 e. The number of hydrogen-bond acceptors (Lipinski definition) is 4. The van der Waals surface area contributed by atoms with E-state index in [9.17, 15) is 26.7 Å². The molecule has 0 bridgehead atoms. The van der Waals surface area contributed by atoms with Crippen LogP contribution in [0.2, 0.25) is 10.0 Å². The van der Waals surface area contributed by atoms with Crippen molar-refractivity contribution in [1.82, 2.24) is 4.98 Å². The van der Waals surface area contributed by atoms with Crippen LogP contribution < -0.4 is 34.7 Å². The van der Waals surface area contributed by atoms with Crippen LogP contribution in [-0.4, -0.2) is 19.3 Å². The number of benzene rings is 1. The molecule has 1 heterocycles. The maximum atomic E-state index is 12.4. The number of pyridine rings is 1. The first kappa shape index (κ1) is 23.9. The molecule has 27 heavy (non-hydrogen) atoms. The first-order valence-corrected chi connectivity index (χ1v) is 8.92. The van der Waals surface area contributed by atoms with E-state index in [2.05, 4.69) is 9.38 Å². The molecule has 1 aromatic carbocycles. The maximum absolute atomic E-state index is 12.4. The van der Waals surface area contributed by atoms with Crippen LogP contribution in [0.1, 0.15) is 16.8 Å². The Balaban J connectivity index is 0.00000364. The molecule has 2 rings (SSSR count). The average Bonchev–Trinajstić information content (AvgIpc) is 2.52. The Morgan fingerprint density at radius 2 is 1.85 bits per heavy atom. The molecule has 2 aromatic rings. The van der Waals surface area contributed by atoms with E-state index < -0.39 is 27.8 Å². The van der Waals surface area contributed by atoms with E-state index in [0.717, 1.165) is 18.3 Å². The van der Waals surface area contributed by atoms with Crippen molar-refractivity contribution in [3.05, 3.63) is 68.8 Å². The Morgan fingerprint density at radius 1 is 1.19 bits per heavy atom. The molecule has 12 heteroatoms. The summed E-state index contributed by atoms with van der Waals surface area (Å²) in [5, 5.41) is 12.7. The van der Waals surface area contributed by atoms with Crippen molar-refractivity contribution in [3.63, 3.8) is 0 Å². The topological polar surface area (TPSA) is 82.5 Å². The van der Waals surface area contributed by atoms with Crippen LogP contribution >= 0.6 is 23.2 Å². The van der Waals surface area contributed by atoms with Crippen molar-refractivity contribution in [2.45, 2.75) is 6.18 Å². The number of nitrogens with zero attached hydrogens (tertiary/aromatic N) is 2. The number of halogens is 5. The summed E-state index contributed by atoms with van der Waals surface area (Å²) in [6.07, 6.45) is -2.80. The van der Waals surface area contributed by atoms with Gasteiger partial charge in [-0.25, -0.2) is 0 Å². The summed E-state index contributed by atoms with van der Waals surface area (Å²) in [4.78, 5) is 3.18. The molecule has 138 valence electrons. The molecule has 0 aliphatic heterocycles. The van der Waals surface area contributed by atoms with Gasteiger partial charge in [-0.3, -0.25) is 4.98 Å². The SMILES string of the molecule is O=S(=O)(/C=C/c1ccc(C(F)(F)F)nc1)/N=C(\[O-])c1ccc(Cl)cc1Cl.[Na+].